The van der Waals surface area contributed by atoms with E-state index in [-0.39, 0.29) is 11.9 Å². The van der Waals surface area contributed by atoms with Gasteiger partial charge in [-0.2, -0.15) is 0 Å². The summed E-state index contributed by atoms with van der Waals surface area (Å²) in [6, 6.07) is 3.52. The number of carbonyl (C=O) groups excluding carboxylic acids is 1. The van der Waals surface area contributed by atoms with E-state index in [1.165, 1.54) is 0 Å². The minimum atomic E-state index is -0.0608. The minimum absolute atomic E-state index is 0.0608. The van der Waals surface area contributed by atoms with Crippen molar-refractivity contribution in [3.05, 3.63) is 30.1 Å². The average Bonchev–Trinajstić information content (AvgIpc) is 2.19. The molecular formula is C9H11BrN2O. The number of amides is 1. The quantitative estimate of drug-likeness (QED) is 0.819. The number of rotatable bonds is 3. The molecule has 0 saturated carbocycles. The summed E-state index contributed by atoms with van der Waals surface area (Å²) in [4.78, 5) is 15.3. The van der Waals surface area contributed by atoms with Crippen molar-refractivity contribution in [3.63, 3.8) is 0 Å². The Labute approximate surface area is 85.7 Å². The van der Waals surface area contributed by atoms with Crippen molar-refractivity contribution >= 4 is 21.8 Å². The lowest BCUT2D eigenvalue weighted by atomic mass is 10.2. The van der Waals surface area contributed by atoms with Gasteiger partial charge in [-0.05, 0) is 19.1 Å². The fraction of sp³-hybridized carbons (Fsp3) is 0.333. The Hall–Kier alpha value is -0.900. The first kappa shape index (κ1) is 10.2. The highest BCUT2D eigenvalue weighted by Crippen LogP contribution is 1.97. The van der Waals surface area contributed by atoms with Gasteiger partial charge in [0, 0.05) is 29.3 Å². The van der Waals surface area contributed by atoms with Gasteiger partial charge in [-0.25, -0.2) is 0 Å². The molecule has 0 radical (unpaired) electrons. The van der Waals surface area contributed by atoms with Gasteiger partial charge < -0.3 is 5.32 Å². The first-order valence-electron chi connectivity index (χ1n) is 4.01. The number of hydrogen-bond donors (Lipinski definition) is 1. The topological polar surface area (TPSA) is 42.0 Å². The fourth-order valence-corrected chi connectivity index (χ4v) is 1.01. The Morgan fingerprint density at radius 2 is 2.23 bits per heavy atom. The van der Waals surface area contributed by atoms with Crippen molar-refractivity contribution in [1.82, 2.24) is 10.3 Å². The maximum atomic E-state index is 11.5. The van der Waals surface area contributed by atoms with Gasteiger partial charge >= 0.3 is 0 Å². The number of alkyl halides is 1. The lowest BCUT2D eigenvalue weighted by Gasteiger charge is -2.09. The molecule has 1 amide bonds. The Morgan fingerprint density at radius 1 is 1.62 bits per heavy atom. The van der Waals surface area contributed by atoms with Crippen LogP contribution >= 0.6 is 15.9 Å². The van der Waals surface area contributed by atoms with E-state index < -0.39 is 0 Å². The van der Waals surface area contributed by atoms with E-state index in [1.54, 1.807) is 24.5 Å². The summed E-state index contributed by atoms with van der Waals surface area (Å²) in [5.41, 5.74) is 0.641. The molecule has 1 rings (SSSR count). The molecular weight excluding hydrogens is 232 g/mol. The third-order valence-electron chi connectivity index (χ3n) is 1.55. The second kappa shape index (κ2) is 4.97. The minimum Gasteiger partial charge on any atom is -0.349 e. The van der Waals surface area contributed by atoms with Gasteiger partial charge in [0.1, 0.15) is 0 Å². The highest BCUT2D eigenvalue weighted by molar-refractivity contribution is 9.09. The van der Waals surface area contributed by atoms with Gasteiger partial charge in [0.05, 0.1) is 0 Å². The van der Waals surface area contributed by atoms with Crippen LogP contribution in [0, 0.1) is 0 Å². The Bertz CT molecular complexity index is 276. The van der Waals surface area contributed by atoms with Crippen molar-refractivity contribution in [3.8, 4) is 0 Å². The van der Waals surface area contributed by atoms with E-state index in [0.717, 1.165) is 5.33 Å². The number of hydrogen-bond acceptors (Lipinski definition) is 2. The largest absolute Gasteiger partial charge is 0.349 e. The zero-order valence-corrected chi connectivity index (χ0v) is 8.91. The molecule has 1 N–H and O–H groups in total. The zero-order valence-electron chi connectivity index (χ0n) is 7.33. The smallest absolute Gasteiger partial charge is 0.251 e. The molecule has 0 aliphatic heterocycles. The summed E-state index contributed by atoms with van der Waals surface area (Å²) in [5.74, 6) is -0.0608. The molecule has 0 aliphatic rings. The number of aromatic nitrogens is 1. The van der Waals surface area contributed by atoms with Crippen molar-refractivity contribution in [2.45, 2.75) is 13.0 Å². The van der Waals surface area contributed by atoms with Crippen LogP contribution in [0.25, 0.3) is 0 Å². The van der Waals surface area contributed by atoms with E-state index in [0.29, 0.717) is 5.56 Å². The van der Waals surface area contributed by atoms with E-state index >= 15 is 0 Å². The molecule has 0 aliphatic carbocycles. The third kappa shape index (κ3) is 3.14. The van der Waals surface area contributed by atoms with Crippen LogP contribution in [0.1, 0.15) is 17.3 Å². The second-order valence-electron chi connectivity index (χ2n) is 2.76. The summed E-state index contributed by atoms with van der Waals surface area (Å²) in [6.45, 7) is 1.94. The first-order valence-corrected chi connectivity index (χ1v) is 5.13. The third-order valence-corrected chi connectivity index (χ3v) is 2.52. The first-order chi connectivity index (χ1) is 6.24. The van der Waals surface area contributed by atoms with Crippen LogP contribution in [-0.4, -0.2) is 22.3 Å². The Balaban J connectivity index is 2.59. The highest BCUT2D eigenvalue weighted by Gasteiger charge is 2.07. The zero-order chi connectivity index (χ0) is 9.68. The van der Waals surface area contributed by atoms with E-state index in [2.05, 4.69) is 26.2 Å². The van der Waals surface area contributed by atoms with Crippen LogP contribution in [0.2, 0.25) is 0 Å². The lowest BCUT2D eigenvalue weighted by Crippen LogP contribution is -2.33. The second-order valence-corrected chi connectivity index (χ2v) is 3.41. The highest BCUT2D eigenvalue weighted by atomic mass is 79.9. The van der Waals surface area contributed by atoms with E-state index in [4.69, 9.17) is 0 Å². The maximum Gasteiger partial charge on any atom is 0.251 e. The van der Waals surface area contributed by atoms with Crippen molar-refractivity contribution in [2.24, 2.45) is 0 Å². The lowest BCUT2D eigenvalue weighted by molar-refractivity contribution is 0.0944. The number of carbonyl (C=O) groups is 1. The summed E-state index contributed by atoms with van der Waals surface area (Å²) < 4.78 is 0. The number of nitrogens with zero attached hydrogens (tertiary/aromatic N) is 1. The van der Waals surface area contributed by atoms with Gasteiger partial charge in [0.25, 0.3) is 5.91 Å². The monoisotopic (exact) mass is 242 g/mol. The Morgan fingerprint density at radius 3 is 2.77 bits per heavy atom. The Kier molecular flexibility index (Phi) is 3.89. The summed E-state index contributed by atoms with van der Waals surface area (Å²) in [5, 5.41) is 3.59. The molecule has 3 nitrogen and oxygen atoms in total. The molecule has 70 valence electrons. The van der Waals surface area contributed by atoms with Gasteiger partial charge in [0.15, 0.2) is 0 Å². The van der Waals surface area contributed by atoms with Crippen LogP contribution in [-0.2, 0) is 0 Å². The normalized spacial score (nSPS) is 12.2. The molecule has 0 saturated heterocycles. The SMILES string of the molecule is CC(CBr)NC(=O)c1ccncc1. The average molecular weight is 243 g/mol. The molecule has 0 spiro atoms. The maximum absolute atomic E-state index is 11.5. The van der Waals surface area contributed by atoms with Gasteiger partial charge in [-0.15, -0.1) is 0 Å². The van der Waals surface area contributed by atoms with Gasteiger partial charge in [-0.1, -0.05) is 15.9 Å². The number of pyridine rings is 1. The van der Waals surface area contributed by atoms with Crippen molar-refractivity contribution in [1.29, 1.82) is 0 Å². The van der Waals surface area contributed by atoms with Crippen LogP contribution < -0.4 is 5.32 Å². The molecule has 4 heteroatoms. The predicted molar refractivity (Wildman–Crippen MR) is 55.0 cm³/mol. The molecule has 1 atom stereocenters. The number of nitrogens with one attached hydrogen (secondary N) is 1. The fourth-order valence-electron chi connectivity index (χ4n) is 0.849. The molecule has 1 unspecified atom stereocenters. The van der Waals surface area contributed by atoms with Gasteiger partial charge in [0.2, 0.25) is 0 Å². The van der Waals surface area contributed by atoms with Crippen LogP contribution in [0.3, 0.4) is 0 Å². The standard InChI is InChI=1S/C9H11BrN2O/c1-7(6-10)12-9(13)8-2-4-11-5-3-8/h2-5,7H,6H2,1H3,(H,12,13). The summed E-state index contributed by atoms with van der Waals surface area (Å²) in [6.07, 6.45) is 3.21. The van der Waals surface area contributed by atoms with Crippen LogP contribution in [0.5, 0.6) is 0 Å². The van der Waals surface area contributed by atoms with Gasteiger partial charge in [-0.3, -0.25) is 9.78 Å². The van der Waals surface area contributed by atoms with E-state index in [9.17, 15) is 4.79 Å². The van der Waals surface area contributed by atoms with Crippen LogP contribution in [0.15, 0.2) is 24.5 Å². The van der Waals surface area contributed by atoms with Crippen molar-refractivity contribution in [2.75, 3.05) is 5.33 Å². The van der Waals surface area contributed by atoms with Crippen molar-refractivity contribution < 1.29 is 4.79 Å². The molecule has 13 heavy (non-hydrogen) atoms. The van der Waals surface area contributed by atoms with Crippen LogP contribution in [0.4, 0.5) is 0 Å². The molecule has 0 fully saturated rings. The molecule has 0 bridgehead atoms. The number of halogens is 1. The molecule has 0 aromatic carbocycles. The molecule has 1 heterocycles. The summed E-state index contributed by atoms with van der Waals surface area (Å²) in [7, 11) is 0. The molecule has 1 aromatic rings. The van der Waals surface area contributed by atoms with E-state index in [1.807, 2.05) is 6.92 Å². The summed E-state index contributed by atoms with van der Waals surface area (Å²) >= 11 is 3.29. The predicted octanol–water partition coefficient (Wildman–Crippen LogP) is 1.59. The molecule has 1 aromatic heterocycles.